The number of carbonyl (C=O) groups excluding carboxylic acids is 1. The van der Waals surface area contributed by atoms with Crippen molar-refractivity contribution in [1.29, 1.82) is 0 Å². The lowest BCUT2D eigenvalue weighted by Crippen LogP contribution is -2.12. The van der Waals surface area contributed by atoms with Gasteiger partial charge in [0.2, 0.25) is 0 Å². The predicted molar refractivity (Wildman–Crippen MR) is 70.4 cm³/mol. The number of hydrogen-bond acceptors (Lipinski definition) is 2. The number of unbranched alkanes of at least 4 members (excludes halogenated alkanes) is 4. The number of esters is 1. The van der Waals surface area contributed by atoms with Gasteiger partial charge in [-0.05, 0) is 24.6 Å². The normalized spacial score (nSPS) is 11.5. The highest BCUT2D eigenvalue weighted by molar-refractivity contribution is 5.89. The Kier molecular flexibility index (Phi) is 6.65. The summed E-state index contributed by atoms with van der Waals surface area (Å²) >= 11 is 0. The van der Waals surface area contributed by atoms with Crippen molar-refractivity contribution in [2.45, 2.75) is 45.2 Å². The summed E-state index contributed by atoms with van der Waals surface area (Å²) in [5, 5.41) is 0. The zero-order valence-electron chi connectivity index (χ0n) is 11.8. The maximum absolute atomic E-state index is 13.1. The van der Waals surface area contributed by atoms with Crippen LogP contribution in [0.25, 0.3) is 0 Å². The highest BCUT2D eigenvalue weighted by atomic mass is 19.4. The number of halogens is 4. The molecule has 0 saturated heterocycles. The summed E-state index contributed by atoms with van der Waals surface area (Å²) in [6.45, 7) is 2.23. The molecule has 0 atom stereocenters. The van der Waals surface area contributed by atoms with E-state index >= 15 is 0 Å². The minimum absolute atomic E-state index is 0.154. The quantitative estimate of drug-likeness (QED) is 0.404. The van der Waals surface area contributed by atoms with Crippen molar-refractivity contribution in [2.75, 3.05) is 6.61 Å². The van der Waals surface area contributed by atoms with Crippen LogP contribution in [0.4, 0.5) is 17.6 Å². The van der Waals surface area contributed by atoms with Crippen molar-refractivity contribution >= 4 is 5.97 Å². The fourth-order valence-electron chi connectivity index (χ4n) is 1.82. The molecule has 0 radical (unpaired) electrons. The molecule has 1 rings (SSSR count). The number of carbonyl (C=O) groups is 1. The van der Waals surface area contributed by atoms with Gasteiger partial charge in [-0.3, -0.25) is 0 Å². The van der Waals surface area contributed by atoms with Crippen LogP contribution in [-0.2, 0) is 10.9 Å². The third-order valence-electron chi connectivity index (χ3n) is 2.99. The van der Waals surface area contributed by atoms with Gasteiger partial charge in [0.05, 0.1) is 17.7 Å². The number of rotatable bonds is 7. The minimum atomic E-state index is -4.83. The molecule has 0 aromatic heterocycles. The summed E-state index contributed by atoms with van der Waals surface area (Å²) < 4.78 is 55.5. The Bertz CT molecular complexity index is 469. The van der Waals surface area contributed by atoms with Crippen molar-refractivity contribution in [1.82, 2.24) is 0 Å². The Morgan fingerprint density at radius 2 is 1.81 bits per heavy atom. The molecule has 118 valence electrons. The summed E-state index contributed by atoms with van der Waals surface area (Å²) in [6.07, 6.45) is -0.0445. The minimum Gasteiger partial charge on any atom is -0.462 e. The van der Waals surface area contributed by atoms with Crippen LogP contribution in [0, 0.1) is 5.82 Å². The summed E-state index contributed by atoms with van der Waals surface area (Å²) in [6, 6.07) is 2.10. The van der Waals surface area contributed by atoms with Crippen LogP contribution in [0.3, 0.4) is 0 Å². The maximum Gasteiger partial charge on any atom is 0.419 e. The fourth-order valence-corrected chi connectivity index (χ4v) is 1.82. The first kappa shape index (κ1) is 17.5. The number of ether oxygens (including phenoxy) is 1. The first-order valence-electron chi connectivity index (χ1n) is 6.90. The van der Waals surface area contributed by atoms with Gasteiger partial charge >= 0.3 is 12.1 Å². The van der Waals surface area contributed by atoms with Crippen molar-refractivity contribution in [3.63, 3.8) is 0 Å². The van der Waals surface area contributed by atoms with E-state index in [9.17, 15) is 22.4 Å². The smallest absolute Gasteiger partial charge is 0.419 e. The second-order valence-electron chi connectivity index (χ2n) is 4.74. The van der Waals surface area contributed by atoms with Crippen molar-refractivity contribution in [2.24, 2.45) is 0 Å². The van der Waals surface area contributed by atoms with Gasteiger partial charge in [0.1, 0.15) is 5.82 Å². The molecule has 0 N–H and O–H groups in total. The van der Waals surface area contributed by atoms with E-state index in [1.807, 2.05) is 0 Å². The van der Waals surface area contributed by atoms with E-state index in [2.05, 4.69) is 6.92 Å². The zero-order chi connectivity index (χ0) is 15.9. The molecule has 0 aliphatic carbocycles. The molecule has 0 spiro atoms. The van der Waals surface area contributed by atoms with E-state index in [1.54, 1.807) is 0 Å². The van der Waals surface area contributed by atoms with E-state index in [1.165, 1.54) is 0 Å². The first-order valence-corrected chi connectivity index (χ1v) is 6.90. The lowest BCUT2D eigenvalue weighted by molar-refractivity contribution is -0.140. The molecule has 21 heavy (non-hydrogen) atoms. The van der Waals surface area contributed by atoms with Gasteiger partial charge in [-0.25, -0.2) is 9.18 Å². The number of benzene rings is 1. The predicted octanol–water partition coefficient (Wildman–Crippen LogP) is 4.97. The Labute approximate surface area is 121 Å². The van der Waals surface area contributed by atoms with Gasteiger partial charge in [0.25, 0.3) is 0 Å². The average molecular weight is 306 g/mol. The largest absolute Gasteiger partial charge is 0.462 e. The van der Waals surface area contributed by atoms with Crippen LogP contribution in [-0.4, -0.2) is 12.6 Å². The molecule has 2 nitrogen and oxygen atoms in total. The van der Waals surface area contributed by atoms with E-state index in [-0.39, 0.29) is 12.2 Å². The van der Waals surface area contributed by atoms with Gasteiger partial charge in [0, 0.05) is 0 Å². The standard InChI is InChI=1S/C15H18F4O2/c1-2-3-4-5-6-9-21-14(20)11-7-8-13(16)12(10-11)15(17,18)19/h7-8,10H,2-6,9H2,1H3. The Balaban J connectivity index is 2.55. The third-order valence-corrected chi connectivity index (χ3v) is 2.99. The highest BCUT2D eigenvalue weighted by Crippen LogP contribution is 2.32. The van der Waals surface area contributed by atoms with Crippen LogP contribution in [0.15, 0.2) is 18.2 Å². The van der Waals surface area contributed by atoms with Crippen LogP contribution < -0.4 is 0 Å². The highest BCUT2D eigenvalue weighted by Gasteiger charge is 2.34. The summed E-state index contributed by atoms with van der Waals surface area (Å²) in [5.41, 5.74) is -1.75. The Hall–Kier alpha value is -1.59. The fraction of sp³-hybridized carbons (Fsp3) is 0.533. The molecule has 0 amide bonds. The van der Waals surface area contributed by atoms with E-state index in [4.69, 9.17) is 4.74 Å². The van der Waals surface area contributed by atoms with Crippen molar-refractivity contribution < 1.29 is 27.1 Å². The van der Waals surface area contributed by atoms with Crippen molar-refractivity contribution in [3.05, 3.63) is 35.1 Å². The van der Waals surface area contributed by atoms with Crippen LogP contribution >= 0.6 is 0 Å². The van der Waals surface area contributed by atoms with Crippen molar-refractivity contribution in [3.8, 4) is 0 Å². The van der Waals surface area contributed by atoms with Gasteiger partial charge < -0.3 is 4.74 Å². The van der Waals surface area contributed by atoms with Gasteiger partial charge in [0.15, 0.2) is 0 Å². The average Bonchev–Trinajstić information content (AvgIpc) is 2.41. The van der Waals surface area contributed by atoms with E-state index < -0.39 is 23.5 Å². The molecule has 0 aliphatic rings. The molecule has 0 aliphatic heterocycles. The molecule has 0 bridgehead atoms. The monoisotopic (exact) mass is 306 g/mol. The molecule has 1 aromatic carbocycles. The molecular weight excluding hydrogens is 288 g/mol. The summed E-state index contributed by atoms with van der Waals surface area (Å²) in [7, 11) is 0. The van der Waals surface area contributed by atoms with Crippen LogP contribution in [0.2, 0.25) is 0 Å². The third kappa shape index (κ3) is 5.73. The van der Waals surface area contributed by atoms with Crippen LogP contribution in [0.1, 0.15) is 54.9 Å². The van der Waals surface area contributed by atoms with E-state index in [0.717, 1.165) is 31.7 Å². The Morgan fingerprint density at radius 1 is 1.14 bits per heavy atom. The molecule has 6 heteroatoms. The molecule has 1 aromatic rings. The number of alkyl halides is 3. The summed E-state index contributed by atoms with van der Waals surface area (Å²) in [5.74, 6) is -2.27. The molecule has 0 heterocycles. The van der Waals surface area contributed by atoms with Gasteiger partial charge in [-0.15, -0.1) is 0 Å². The van der Waals surface area contributed by atoms with Gasteiger partial charge in [-0.2, -0.15) is 13.2 Å². The lowest BCUT2D eigenvalue weighted by atomic mass is 10.1. The lowest BCUT2D eigenvalue weighted by Gasteiger charge is -2.10. The SMILES string of the molecule is CCCCCCCOC(=O)c1ccc(F)c(C(F)(F)F)c1. The molecule has 0 saturated carbocycles. The second kappa shape index (κ2) is 8.00. The topological polar surface area (TPSA) is 26.3 Å². The zero-order valence-corrected chi connectivity index (χ0v) is 11.8. The maximum atomic E-state index is 13.1. The number of hydrogen-bond donors (Lipinski definition) is 0. The summed E-state index contributed by atoms with van der Waals surface area (Å²) in [4.78, 5) is 11.6. The molecule has 0 fully saturated rings. The van der Waals surface area contributed by atoms with Gasteiger partial charge in [-0.1, -0.05) is 32.6 Å². The van der Waals surface area contributed by atoms with Crippen LogP contribution in [0.5, 0.6) is 0 Å². The Morgan fingerprint density at radius 3 is 2.43 bits per heavy atom. The van der Waals surface area contributed by atoms with E-state index in [0.29, 0.717) is 18.6 Å². The molecule has 0 unspecified atom stereocenters. The second-order valence-corrected chi connectivity index (χ2v) is 4.74. The molecular formula is C15H18F4O2. The first-order chi connectivity index (χ1) is 9.86.